The molecule has 0 spiro atoms. The number of carbonyl (C=O) groups is 3. The number of likely N-dealkylation sites (tertiary alicyclic amines) is 1. The number of nitrogens with zero attached hydrogens (tertiary/aromatic N) is 3. The molecule has 13 heteroatoms. The summed E-state index contributed by atoms with van der Waals surface area (Å²) in [6.07, 6.45) is -0.697. The Hall–Kier alpha value is -4.23. The summed E-state index contributed by atoms with van der Waals surface area (Å²) in [5.41, 5.74) is 4.31. The average molecular weight is 601 g/mol. The van der Waals surface area contributed by atoms with Crippen molar-refractivity contribution in [1.82, 2.24) is 19.8 Å². The van der Waals surface area contributed by atoms with Crippen molar-refractivity contribution in [3.63, 3.8) is 0 Å². The van der Waals surface area contributed by atoms with E-state index in [1.807, 2.05) is 30.3 Å². The molecule has 4 N–H and O–H groups in total. The van der Waals surface area contributed by atoms with Crippen LogP contribution in [0.2, 0.25) is 0 Å². The van der Waals surface area contributed by atoms with Crippen molar-refractivity contribution >= 4 is 23.5 Å². The lowest BCUT2D eigenvalue weighted by Crippen LogP contribution is -2.56. The first-order valence-electron chi connectivity index (χ1n) is 13.9. The molecular formula is C30H35F3N6O4. The molecule has 2 aromatic carbocycles. The van der Waals surface area contributed by atoms with Gasteiger partial charge in [0.15, 0.2) is 5.82 Å². The van der Waals surface area contributed by atoms with E-state index in [1.54, 1.807) is 0 Å². The topological polar surface area (TPSA) is 132 Å². The minimum Gasteiger partial charge on any atom is -0.374 e. The molecule has 0 saturated carbocycles. The number of hydrogen-bond acceptors (Lipinski definition) is 6. The second-order valence-corrected chi connectivity index (χ2v) is 11.0. The maximum Gasteiger partial charge on any atom is 0.416 e. The number of anilines is 1. The lowest BCUT2D eigenvalue weighted by molar-refractivity contribution is -0.139. The van der Waals surface area contributed by atoms with Crippen molar-refractivity contribution in [3.05, 3.63) is 83.8 Å². The SMILES string of the molecule is CC(C)(N)C(=O)N[C@H](COCc1ccccc1)C(=O)Nc1cn(C(C(=O)N2CCCC2)c2ccccc2C(F)(F)F)cn1. The number of halogens is 3. The molecule has 230 valence electrons. The molecule has 2 atom stereocenters. The number of hydrogen-bond donors (Lipinski definition) is 3. The Morgan fingerprint density at radius 2 is 1.67 bits per heavy atom. The standard InChI is InChI=1S/C30H35F3N6O4/c1-29(2,34)28(42)36-23(18-43-17-20-10-4-3-5-11-20)26(40)37-24-16-39(19-35-24)25(27(41)38-14-8-9-15-38)21-12-6-7-13-22(21)30(31,32)33/h3-7,10-13,16,19,23,25H,8-9,14-15,17-18,34H2,1-2H3,(H,36,42)(H,37,40)/t23-,25?/m1/s1. The van der Waals surface area contributed by atoms with E-state index < -0.39 is 47.1 Å². The summed E-state index contributed by atoms with van der Waals surface area (Å²) in [5.74, 6) is -1.81. The Balaban J connectivity index is 1.57. The number of amides is 3. The van der Waals surface area contributed by atoms with Gasteiger partial charge in [0.2, 0.25) is 11.8 Å². The Bertz CT molecular complexity index is 1410. The quantitative estimate of drug-likeness (QED) is 0.309. The van der Waals surface area contributed by atoms with Crippen LogP contribution in [0.25, 0.3) is 0 Å². The summed E-state index contributed by atoms with van der Waals surface area (Å²) in [4.78, 5) is 45.1. The summed E-state index contributed by atoms with van der Waals surface area (Å²) in [7, 11) is 0. The van der Waals surface area contributed by atoms with Gasteiger partial charge in [-0.05, 0) is 43.9 Å². The van der Waals surface area contributed by atoms with Gasteiger partial charge in [-0.1, -0.05) is 48.5 Å². The maximum absolute atomic E-state index is 14.0. The number of imidazole rings is 1. The van der Waals surface area contributed by atoms with E-state index in [1.165, 1.54) is 54.0 Å². The van der Waals surface area contributed by atoms with Gasteiger partial charge < -0.3 is 30.6 Å². The van der Waals surface area contributed by atoms with Crippen LogP contribution < -0.4 is 16.4 Å². The van der Waals surface area contributed by atoms with Crippen molar-refractivity contribution in [1.29, 1.82) is 0 Å². The summed E-state index contributed by atoms with van der Waals surface area (Å²) in [5, 5.41) is 5.15. The highest BCUT2D eigenvalue weighted by Gasteiger charge is 2.39. The second-order valence-electron chi connectivity index (χ2n) is 11.0. The van der Waals surface area contributed by atoms with E-state index in [-0.39, 0.29) is 24.6 Å². The van der Waals surface area contributed by atoms with Crippen LogP contribution in [0.5, 0.6) is 0 Å². The number of nitrogens with one attached hydrogen (secondary N) is 2. The molecule has 3 aromatic rings. The Labute approximate surface area is 247 Å². The molecule has 1 fully saturated rings. The zero-order valence-electron chi connectivity index (χ0n) is 23.9. The largest absolute Gasteiger partial charge is 0.416 e. The van der Waals surface area contributed by atoms with Crippen molar-refractivity contribution in [2.24, 2.45) is 5.73 Å². The third kappa shape index (κ3) is 8.20. The molecule has 0 bridgehead atoms. The summed E-state index contributed by atoms with van der Waals surface area (Å²) >= 11 is 0. The minimum absolute atomic E-state index is 0.0250. The van der Waals surface area contributed by atoms with Crippen LogP contribution in [0.15, 0.2) is 67.1 Å². The van der Waals surface area contributed by atoms with Crippen molar-refractivity contribution < 1.29 is 32.3 Å². The fourth-order valence-electron chi connectivity index (χ4n) is 4.68. The van der Waals surface area contributed by atoms with Gasteiger partial charge in [0.25, 0.3) is 5.91 Å². The average Bonchev–Trinajstić information content (AvgIpc) is 3.65. The molecule has 2 heterocycles. The van der Waals surface area contributed by atoms with Crippen molar-refractivity contribution in [2.75, 3.05) is 25.0 Å². The minimum atomic E-state index is -4.69. The van der Waals surface area contributed by atoms with E-state index in [9.17, 15) is 27.6 Å². The molecule has 43 heavy (non-hydrogen) atoms. The summed E-state index contributed by atoms with van der Waals surface area (Å²) in [6.45, 7) is 3.83. The Morgan fingerprint density at radius 1 is 1.02 bits per heavy atom. The van der Waals surface area contributed by atoms with E-state index in [2.05, 4.69) is 15.6 Å². The van der Waals surface area contributed by atoms with Gasteiger partial charge in [-0.2, -0.15) is 13.2 Å². The molecule has 1 unspecified atom stereocenters. The molecule has 1 aliphatic heterocycles. The first kappa shape index (κ1) is 31.7. The second kappa shape index (κ2) is 13.4. The molecule has 0 aliphatic carbocycles. The number of carbonyl (C=O) groups excluding carboxylic acids is 3. The fraction of sp³-hybridized carbons (Fsp3) is 0.400. The van der Waals surface area contributed by atoms with Crippen LogP contribution in [0, 0.1) is 0 Å². The van der Waals surface area contributed by atoms with Crippen LogP contribution in [-0.2, 0) is 31.9 Å². The van der Waals surface area contributed by atoms with Gasteiger partial charge in [-0.3, -0.25) is 14.4 Å². The van der Waals surface area contributed by atoms with E-state index >= 15 is 0 Å². The summed E-state index contributed by atoms with van der Waals surface area (Å²) < 4.78 is 48.8. The van der Waals surface area contributed by atoms with Crippen LogP contribution in [-0.4, -0.2) is 63.4 Å². The number of ether oxygens (including phenoxy) is 1. The van der Waals surface area contributed by atoms with Crippen LogP contribution in [0.4, 0.5) is 19.0 Å². The van der Waals surface area contributed by atoms with Gasteiger partial charge in [-0.25, -0.2) is 4.98 Å². The lowest BCUT2D eigenvalue weighted by atomic mass is 9.98. The highest BCUT2D eigenvalue weighted by molar-refractivity contribution is 5.98. The Kier molecular flexibility index (Phi) is 9.87. The van der Waals surface area contributed by atoms with Gasteiger partial charge in [0.05, 0.1) is 30.6 Å². The molecule has 1 saturated heterocycles. The highest BCUT2D eigenvalue weighted by Crippen LogP contribution is 2.37. The van der Waals surface area contributed by atoms with E-state index in [0.29, 0.717) is 13.1 Å². The molecule has 10 nitrogen and oxygen atoms in total. The third-order valence-corrected chi connectivity index (χ3v) is 6.97. The number of aromatic nitrogens is 2. The monoisotopic (exact) mass is 600 g/mol. The number of rotatable bonds is 11. The first-order chi connectivity index (χ1) is 20.3. The van der Waals surface area contributed by atoms with Gasteiger partial charge >= 0.3 is 6.18 Å². The molecule has 1 aromatic heterocycles. The predicted octanol–water partition coefficient (Wildman–Crippen LogP) is 3.49. The lowest BCUT2D eigenvalue weighted by Gasteiger charge is -2.26. The molecule has 1 aliphatic rings. The number of benzene rings is 2. The van der Waals surface area contributed by atoms with Crippen LogP contribution >= 0.6 is 0 Å². The smallest absolute Gasteiger partial charge is 0.374 e. The van der Waals surface area contributed by atoms with Crippen LogP contribution in [0.3, 0.4) is 0 Å². The zero-order valence-corrected chi connectivity index (χ0v) is 23.9. The predicted molar refractivity (Wildman–Crippen MR) is 153 cm³/mol. The molecule has 3 amide bonds. The van der Waals surface area contributed by atoms with Gasteiger partial charge in [0, 0.05) is 19.3 Å². The number of nitrogens with two attached hydrogens (primary N) is 1. The van der Waals surface area contributed by atoms with Gasteiger partial charge in [0.1, 0.15) is 12.1 Å². The normalized spacial score (nSPS) is 15.2. The van der Waals surface area contributed by atoms with E-state index in [0.717, 1.165) is 24.5 Å². The summed E-state index contributed by atoms with van der Waals surface area (Å²) in [6, 6.07) is 11.6. The van der Waals surface area contributed by atoms with Crippen molar-refractivity contribution in [2.45, 2.75) is 57.1 Å². The van der Waals surface area contributed by atoms with Crippen molar-refractivity contribution in [3.8, 4) is 0 Å². The fourth-order valence-corrected chi connectivity index (χ4v) is 4.68. The maximum atomic E-state index is 14.0. The molecule has 0 radical (unpaired) electrons. The molecular weight excluding hydrogens is 565 g/mol. The molecule has 4 rings (SSSR count). The zero-order chi connectivity index (χ0) is 31.2. The van der Waals surface area contributed by atoms with Gasteiger partial charge in [-0.15, -0.1) is 0 Å². The Morgan fingerprint density at radius 3 is 2.33 bits per heavy atom. The van der Waals surface area contributed by atoms with E-state index in [4.69, 9.17) is 10.5 Å². The number of alkyl halides is 3. The third-order valence-electron chi connectivity index (χ3n) is 6.97. The first-order valence-corrected chi connectivity index (χ1v) is 13.9. The van der Waals surface area contributed by atoms with Crippen LogP contribution in [0.1, 0.15) is 49.4 Å². The highest BCUT2D eigenvalue weighted by atomic mass is 19.4.